The molecule has 2 heterocycles. The van der Waals surface area contributed by atoms with E-state index in [1.54, 1.807) is 30.6 Å². The fourth-order valence-corrected chi connectivity index (χ4v) is 6.40. The zero-order chi connectivity index (χ0) is 30.1. The third kappa shape index (κ3) is 7.56. The van der Waals surface area contributed by atoms with Gasteiger partial charge < -0.3 is 19.9 Å². The number of carbonyl (C=O) groups is 3. The van der Waals surface area contributed by atoms with Crippen molar-refractivity contribution in [3.05, 3.63) is 35.4 Å². The average Bonchev–Trinajstić information content (AvgIpc) is 3.56. The van der Waals surface area contributed by atoms with Gasteiger partial charge in [-0.3, -0.25) is 14.5 Å². The number of alkyl carbamates (subject to hydrolysis) is 1. The van der Waals surface area contributed by atoms with Gasteiger partial charge in [0, 0.05) is 56.8 Å². The number of ether oxygens (including phenoxy) is 1. The molecule has 10 heteroatoms. The Morgan fingerprint density at radius 3 is 2.10 bits per heavy atom. The molecule has 3 atom stereocenters. The van der Waals surface area contributed by atoms with Gasteiger partial charge in [0.15, 0.2) is 0 Å². The molecule has 4 rings (SSSR count). The molecule has 228 valence electrons. The Kier molecular flexibility index (Phi) is 9.31. The number of hydrogen-bond acceptors (Lipinski definition) is 5. The van der Waals surface area contributed by atoms with Crippen molar-refractivity contribution >= 4 is 17.9 Å². The first kappa shape index (κ1) is 31.2. The van der Waals surface area contributed by atoms with Crippen LogP contribution in [-0.2, 0) is 14.3 Å². The second-order valence-corrected chi connectivity index (χ2v) is 13.8. The number of rotatable bonds is 5. The maximum atomic E-state index is 14.9. The van der Waals surface area contributed by atoms with Gasteiger partial charge in [0.1, 0.15) is 23.3 Å². The summed E-state index contributed by atoms with van der Waals surface area (Å²) >= 11 is 0. The van der Waals surface area contributed by atoms with Gasteiger partial charge in [-0.05, 0) is 71.9 Å². The first-order valence-corrected chi connectivity index (χ1v) is 14.9. The molecule has 1 aromatic rings. The minimum Gasteiger partial charge on any atom is -0.444 e. The van der Waals surface area contributed by atoms with Gasteiger partial charge in [-0.2, -0.15) is 0 Å². The second-order valence-electron chi connectivity index (χ2n) is 13.8. The summed E-state index contributed by atoms with van der Waals surface area (Å²) in [6, 6.07) is 2.93. The number of nitrogens with zero attached hydrogens (tertiary/aromatic N) is 3. The zero-order valence-electron chi connectivity index (χ0n) is 25.3. The molecule has 2 saturated heterocycles. The summed E-state index contributed by atoms with van der Waals surface area (Å²) in [5, 5.41) is 2.84. The van der Waals surface area contributed by atoms with E-state index in [0.717, 1.165) is 31.7 Å². The van der Waals surface area contributed by atoms with E-state index < -0.39 is 41.2 Å². The van der Waals surface area contributed by atoms with E-state index in [1.165, 1.54) is 12.1 Å². The van der Waals surface area contributed by atoms with Crippen molar-refractivity contribution in [2.24, 2.45) is 11.8 Å². The molecule has 1 N–H and O–H groups in total. The molecule has 1 aliphatic carbocycles. The van der Waals surface area contributed by atoms with Crippen LogP contribution in [0.4, 0.5) is 13.6 Å². The van der Waals surface area contributed by atoms with Crippen molar-refractivity contribution < 1.29 is 27.9 Å². The van der Waals surface area contributed by atoms with Crippen LogP contribution in [0.2, 0.25) is 0 Å². The Bertz CT molecular complexity index is 1120. The van der Waals surface area contributed by atoms with E-state index in [4.69, 9.17) is 4.74 Å². The van der Waals surface area contributed by atoms with Crippen LogP contribution in [-0.4, -0.2) is 89.1 Å². The number of nitrogens with one attached hydrogen (secondary N) is 1. The lowest BCUT2D eigenvalue weighted by Gasteiger charge is -2.39. The number of likely N-dealkylation sites (tertiary alicyclic amines) is 1. The number of piperazine rings is 1. The zero-order valence-corrected chi connectivity index (χ0v) is 25.3. The SMILES string of the molecule is CC(C)(C)OC(=O)N[C@H](C(=O)N1CCN(C(=O)[C@@H]2CN(C(C)(C)C)C[C@H]2c2ccc(F)cc2F)CC1)C1CCCC1. The minimum absolute atomic E-state index is 0.0583. The van der Waals surface area contributed by atoms with Crippen LogP contribution in [0.5, 0.6) is 0 Å². The highest BCUT2D eigenvalue weighted by Gasteiger charge is 2.45. The van der Waals surface area contributed by atoms with Gasteiger partial charge >= 0.3 is 6.09 Å². The monoisotopic (exact) mass is 576 g/mol. The molecule has 0 unspecified atom stereocenters. The summed E-state index contributed by atoms with van der Waals surface area (Å²) in [5.41, 5.74) is -0.528. The van der Waals surface area contributed by atoms with Crippen LogP contribution in [0.3, 0.4) is 0 Å². The first-order valence-electron chi connectivity index (χ1n) is 14.9. The Labute approximate surface area is 242 Å². The van der Waals surface area contributed by atoms with E-state index >= 15 is 0 Å². The van der Waals surface area contributed by atoms with Crippen molar-refractivity contribution in [3.8, 4) is 0 Å². The molecule has 3 amide bonds. The van der Waals surface area contributed by atoms with Gasteiger partial charge in [-0.1, -0.05) is 18.9 Å². The van der Waals surface area contributed by atoms with Crippen LogP contribution in [0, 0.1) is 23.5 Å². The molecule has 41 heavy (non-hydrogen) atoms. The van der Waals surface area contributed by atoms with E-state index in [0.29, 0.717) is 44.8 Å². The molecule has 0 aromatic heterocycles. The van der Waals surface area contributed by atoms with Gasteiger partial charge in [-0.15, -0.1) is 0 Å². The third-order valence-electron chi connectivity index (χ3n) is 8.66. The predicted molar refractivity (Wildman–Crippen MR) is 152 cm³/mol. The number of carbonyl (C=O) groups excluding carboxylic acids is 3. The first-order chi connectivity index (χ1) is 19.1. The van der Waals surface area contributed by atoms with E-state index in [2.05, 4.69) is 31.0 Å². The van der Waals surface area contributed by atoms with Crippen LogP contribution in [0.25, 0.3) is 0 Å². The highest BCUT2D eigenvalue weighted by molar-refractivity contribution is 5.87. The van der Waals surface area contributed by atoms with Gasteiger partial charge in [-0.25, -0.2) is 13.6 Å². The highest BCUT2D eigenvalue weighted by atomic mass is 19.1. The standard InChI is InChI=1S/C31H46F2N4O4/c1-30(2,3)37-18-23(22-12-11-21(32)17-25(22)33)24(19-37)27(38)35-13-15-36(16-14-35)28(39)26(20-9-7-8-10-20)34-29(40)41-31(4,5)6/h11-12,17,20,23-24,26H,7-10,13-16,18-19H2,1-6H3,(H,34,40)/t23-,24+,26-/m0/s1. The molecule has 1 aromatic carbocycles. The van der Waals surface area contributed by atoms with E-state index in [9.17, 15) is 23.2 Å². The summed E-state index contributed by atoms with van der Waals surface area (Å²) in [6.07, 6.45) is 3.20. The van der Waals surface area contributed by atoms with Crippen molar-refractivity contribution in [2.75, 3.05) is 39.3 Å². The van der Waals surface area contributed by atoms with Crippen molar-refractivity contribution in [2.45, 2.75) is 90.3 Å². The molecule has 3 aliphatic rings. The molecular weight excluding hydrogens is 530 g/mol. The molecule has 1 saturated carbocycles. The normalized spacial score (nSPS) is 23.5. The third-order valence-corrected chi connectivity index (χ3v) is 8.66. The van der Waals surface area contributed by atoms with Crippen molar-refractivity contribution in [1.29, 1.82) is 0 Å². The molecule has 8 nitrogen and oxygen atoms in total. The van der Waals surface area contributed by atoms with E-state index in [1.807, 2.05) is 0 Å². The number of amides is 3. The van der Waals surface area contributed by atoms with Gasteiger partial charge in [0.2, 0.25) is 11.8 Å². The molecule has 2 aliphatic heterocycles. The predicted octanol–water partition coefficient (Wildman–Crippen LogP) is 4.53. The minimum atomic E-state index is -0.670. The lowest BCUT2D eigenvalue weighted by atomic mass is 9.87. The second kappa shape index (κ2) is 12.2. The Morgan fingerprint density at radius 1 is 0.927 bits per heavy atom. The highest BCUT2D eigenvalue weighted by Crippen LogP contribution is 2.38. The Hall–Kier alpha value is -2.75. The van der Waals surface area contributed by atoms with Crippen molar-refractivity contribution in [3.63, 3.8) is 0 Å². The lowest BCUT2D eigenvalue weighted by molar-refractivity contribution is -0.143. The number of hydrogen-bond donors (Lipinski definition) is 1. The quantitative estimate of drug-likeness (QED) is 0.557. The van der Waals surface area contributed by atoms with Gasteiger partial charge in [0.25, 0.3) is 0 Å². The Balaban J connectivity index is 1.44. The van der Waals surface area contributed by atoms with Crippen LogP contribution < -0.4 is 5.32 Å². The average molecular weight is 577 g/mol. The maximum Gasteiger partial charge on any atom is 0.408 e. The number of halogens is 2. The summed E-state index contributed by atoms with van der Waals surface area (Å²) in [5.74, 6) is -2.30. The summed E-state index contributed by atoms with van der Waals surface area (Å²) in [4.78, 5) is 45.8. The lowest BCUT2D eigenvalue weighted by Crippen LogP contribution is -2.58. The molecular formula is C31H46F2N4O4. The smallest absolute Gasteiger partial charge is 0.408 e. The van der Waals surface area contributed by atoms with Crippen LogP contribution in [0.1, 0.15) is 78.7 Å². The molecule has 0 spiro atoms. The fourth-order valence-electron chi connectivity index (χ4n) is 6.40. The summed E-state index contributed by atoms with van der Waals surface area (Å²) < 4.78 is 34.0. The van der Waals surface area contributed by atoms with Crippen LogP contribution in [0.15, 0.2) is 18.2 Å². The summed E-state index contributed by atoms with van der Waals surface area (Å²) in [6.45, 7) is 14.0. The Morgan fingerprint density at radius 2 is 1.54 bits per heavy atom. The largest absolute Gasteiger partial charge is 0.444 e. The van der Waals surface area contributed by atoms with E-state index in [-0.39, 0.29) is 23.3 Å². The summed E-state index contributed by atoms with van der Waals surface area (Å²) in [7, 11) is 0. The van der Waals surface area contributed by atoms with Gasteiger partial charge in [0.05, 0.1) is 5.92 Å². The molecule has 3 fully saturated rings. The van der Waals surface area contributed by atoms with Crippen molar-refractivity contribution in [1.82, 2.24) is 20.0 Å². The maximum absolute atomic E-state index is 14.9. The fraction of sp³-hybridized carbons (Fsp3) is 0.710. The topological polar surface area (TPSA) is 82.2 Å². The molecule has 0 radical (unpaired) electrons. The van der Waals surface area contributed by atoms with Crippen LogP contribution >= 0.6 is 0 Å². The molecule has 0 bridgehead atoms. The number of benzene rings is 1.